The van der Waals surface area contributed by atoms with Crippen LogP contribution in [-0.2, 0) is 12.0 Å². The van der Waals surface area contributed by atoms with Gasteiger partial charge in [-0.05, 0) is 111 Å². The highest BCUT2D eigenvalue weighted by Crippen LogP contribution is 2.45. The van der Waals surface area contributed by atoms with Crippen molar-refractivity contribution in [1.29, 1.82) is 0 Å². The van der Waals surface area contributed by atoms with E-state index in [9.17, 15) is 4.39 Å². The molecule has 0 saturated carbocycles. The Morgan fingerprint density at radius 2 is 1.58 bits per heavy atom. The van der Waals surface area contributed by atoms with Crippen LogP contribution in [0.4, 0.5) is 4.39 Å². The van der Waals surface area contributed by atoms with Crippen molar-refractivity contribution in [2.75, 3.05) is 19.6 Å². The third-order valence-electron chi connectivity index (χ3n) is 10.6. The highest BCUT2D eigenvalue weighted by molar-refractivity contribution is 7.80. The minimum Gasteiger partial charge on any atom is -0.358 e. The number of hydrogen-bond acceptors (Lipinski definition) is 3. The molecule has 2 unspecified atom stereocenters. The predicted molar refractivity (Wildman–Crippen MR) is 176 cm³/mol. The van der Waals surface area contributed by atoms with E-state index in [1.54, 1.807) is 0 Å². The van der Waals surface area contributed by atoms with E-state index in [0.717, 1.165) is 54.5 Å². The molecule has 5 nitrogen and oxygen atoms in total. The Hall–Kier alpha value is -3.29. The number of piperidine rings is 2. The fraction of sp³-hybridized carbons (Fsp3) is 0.444. The second kappa shape index (κ2) is 12.0. The lowest BCUT2D eigenvalue weighted by atomic mass is 9.70. The summed E-state index contributed by atoms with van der Waals surface area (Å²) in [4.78, 5) is 10.1. The molecule has 0 aliphatic carbocycles. The van der Waals surface area contributed by atoms with Gasteiger partial charge in [-0.2, -0.15) is 0 Å². The third kappa shape index (κ3) is 5.69. The molecule has 1 N–H and O–H groups in total. The van der Waals surface area contributed by atoms with Crippen LogP contribution in [0.25, 0.3) is 11.0 Å². The topological polar surface area (TPSA) is 36.3 Å². The van der Waals surface area contributed by atoms with Gasteiger partial charge in [0.15, 0.2) is 5.11 Å². The summed E-state index contributed by atoms with van der Waals surface area (Å²) in [5, 5.41) is 4.21. The lowest BCUT2D eigenvalue weighted by molar-refractivity contribution is 0.0888. The smallest absolute Gasteiger partial charge is 0.169 e. The van der Waals surface area contributed by atoms with Crippen LogP contribution in [0.1, 0.15) is 67.9 Å². The molecule has 3 aliphatic rings. The number of fused-ring (bicyclic) bond motifs is 3. The Labute approximate surface area is 260 Å². The van der Waals surface area contributed by atoms with Crippen LogP contribution in [0, 0.1) is 12.7 Å². The molecule has 0 amide bonds. The second-order valence-electron chi connectivity index (χ2n) is 12.9. The molecule has 3 aliphatic heterocycles. The van der Waals surface area contributed by atoms with Crippen molar-refractivity contribution in [1.82, 2.24) is 24.7 Å². The van der Waals surface area contributed by atoms with Gasteiger partial charge in [0, 0.05) is 37.8 Å². The number of aryl methyl sites for hydroxylation is 1. The fourth-order valence-electron chi connectivity index (χ4n) is 8.29. The average molecular weight is 596 g/mol. The van der Waals surface area contributed by atoms with E-state index >= 15 is 0 Å². The van der Waals surface area contributed by atoms with Gasteiger partial charge in [0.25, 0.3) is 0 Å². The van der Waals surface area contributed by atoms with Crippen LogP contribution in [0.2, 0.25) is 0 Å². The SMILES string of the molecule is Cc1nc2ccccc2n1C1CC2CC[C@H](C1)N2CCC1(c2ccccc2)CCN(C(=S)NCc2ccc(F)cc2)CC1. The number of likely N-dealkylation sites (tertiary alicyclic amines) is 1. The van der Waals surface area contributed by atoms with Crippen LogP contribution >= 0.6 is 12.2 Å². The summed E-state index contributed by atoms with van der Waals surface area (Å²) in [6, 6.07) is 28.3. The van der Waals surface area contributed by atoms with Gasteiger partial charge in [0.05, 0.1) is 11.0 Å². The lowest BCUT2D eigenvalue weighted by Crippen LogP contribution is -2.50. The number of halogens is 1. The third-order valence-corrected chi connectivity index (χ3v) is 11.0. The van der Waals surface area contributed by atoms with E-state index in [0.29, 0.717) is 24.7 Å². The van der Waals surface area contributed by atoms with Gasteiger partial charge >= 0.3 is 0 Å². The average Bonchev–Trinajstić information content (AvgIpc) is 3.50. The Bertz CT molecular complexity index is 1550. The van der Waals surface area contributed by atoms with E-state index in [4.69, 9.17) is 17.2 Å². The minimum atomic E-state index is -0.209. The number of hydrogen-bond donors (Lipinski definition) is 1. The van der Waals surface area contributed by atoms with E-state index in [2.05, 4.69) is 81.2 Å². The number of aromatic nitrogens is 2. The Morgan fingerprint density at radius 3 is 2.30 bits per heavy atom. The highest BCUT2D eigenvalue weighted by Gasteiger charge is 2.44. The van der Waals surface area contributed by atoms with Crippen molar-refractivity contribution in [3.05, 3.63) is 102 Å². The molecule has 2 bridgehead atoms. The summed E-state index contributed by atoms with van der Waals surface area (Å²) in [6.45, 7) is 5.85. The van der Waals surface area contributed by atoms with E-state index in [1.807, 2.05) is 12.1 Å². The zero-order valence-corrected chi connectivity index (χ0v) is 25.9. The van der Waals surface area contributed by atoms with Gasteiger partial charge in [-0.1, -0.05) is 54.6 Å². The maximum Gasteiger partial charge on any atom is 0.169 e. The minimum absolute atomic E-state index is 0.164. The Kier molecular flexibility index (Phi) is 7.95. The molecule has 3 atom stereocenters. The van der Waals surface area contributed by atoms with Crippen LogP contribution < -0.4 is 5.32 Å². The molecule has 3 aromatic carbocycles. The number of para-hydroxylation sites is 2. The fourth-order valence-corrected chi connectivity index (χ4v) is 8.55. The summed E-state index contributed by atoms with van der Waals surface area (Å²) in [7, 11) is 0. The van der Waals surface area contributed by atoms with Crippen molar-refractivity contribution in [2.24, 2.45) is 0 Å². The zero-order valence-electron chi connectivity index (χ0n) is 25.1. The van der Waals surface area contributed by atoms with Gasteiger partial charge in [0.2, 0.25) is 0 Å². The number of benzene rings is 3. The molecule has 4 heterocycles. The quantitative estimate of drug-likeness (QED) is 0.230. The largest absolute Gasteiger partial charge is 0.358 e. The maximum atomic E-state index is 13.3. The number of nitrogens with zero attached hydrogens (tertiary/aromatic N) is 4. The molecule has 3 fully saturated rings. The van der Waals surface area contributed by atoms with Crippen LogP contribution in [-0.4, -0.2) is 56.2 Å². The summed E-state index contributed by atoms with van der Waals surface area (Å²) in [5.74, 6) is 0.942. The Morgan fingerprint density at radius 1 is 0.907 bits per heavy atom. The van der Waals surface area contributed by atoms with Crippen LogP contribution in [0.15, 0.2) is 78.9 Å². The molecule has 0 spiro atoms. The van der Waals surface area contributed by atoms with Crippen LogP contribution in [0.5, 0.6) is 0 Å². The molecule has 43 heavy (non-hydrogen) atoms. The number of thiocarbonyl (C=S) groups is 1. The van der Waals surface area contributed by atoms with Crippen LogP contribution in [0.3, 0.4) is 0 Å². The molecule has 7 rings (SSSR count). The molecule has 224 valence electrons. The van der Waals surface area contributed by atoms with Crippen molar-refractivity contribution < 1.29 is 4.39 Å². The zero-order chi connectivity index (χ0) is 29.4. The van der Waals surface area contributed by atoms with E-state index in [-0.39, 0.29) is 11.2 Å². The molecular weight excluding hydrogens is 553 g/mol. The van der Waals surface area contributed by atoms with Gasteiger partial charge in [0.1, 0.15) is 11.6 Å². The van der Waals surface area contributed by atoms with Crippen molar-refractivity contribution in [3.8, 4) is 0 Å². The molecular formula is C36H42FN5S. The van der Waals surface area contributed by atoms with Gasteiger partial charge in [-0.25, -0.2) is 9.37 Å². The first-order valence-electron chi connectivity index (χ1n) is 16.0. The van der Waals surface area contributed by atoms with E-state index < -0.39 is 0 Å². The normalized spacial score (nSPS) is 23.5. The highest BCUT2D eigenvalue weighted by atomic mass is 32.1. The number of imidazole rings is 1. The first kappa shape index (κ1) is 28.5. The van der Waals surface area contributed by atoms with Gasteiger partial charge in [-0.15, -0.1) is 0 Å². The first-order chi connectivity index (χ1) is 21.0. The summed E-state index contributed by atoms with van der Waals surface area (Å²) < 4.78 is 15.8. The summed E-state index contributed by atoms with van der Waals surface area (Å²) in [6.07, 6.45) is 8.45. The first-order valence-corrected chi connectivity index (χ1v) is 16.4. The monoisotopic (exact) mass is 595 g/mol. The number of rotatable bonds is 7. The van der Waals surface area contributed by atoms with Crippen molar-refractivity contribution >= 4 is 28.4 Å². The molecule has 0 radical (unpaired) electrons. The molecule has 1 aromatic heterocycles. The summed E-state index contributed by atoms with van der Waals surface area (Å²) in [5.41, 5.74) is 5.09. The molecule has 3 saturated heterocycles. The predicted octanol–water partition coefficient (Wildman–Crippen LogP) is 7.15. The maximum absolute atomic E-state index is 13.3. The molecule has 7 heteroatoms. The van der Waals surface area contributed by atoms with E-state index in [1.165, 1.54) is 55.3 Å². The lowest BCUT2D eigenvalue weighted by Gasteiger charge is -2.46. The summed E-state index contributed by atoms with van der Waals surface area (Å²) >= 11 is 5.81. The van der Waals surface area contributed by atoms with Gasteiger partial charge in [-0.3, -0.25) is 4.90 Å². The molecule has 4 aromatic rings. The number of nitrogens with one attached hydrogen (secondary N) is 1. The van der Waals surface area contributed by atoms with Crippen molar-refractivity contribution in [3.63, 3.8) is 0 Å². The van der Waals surface area contributed by atoms with Gasteiger partial charge < -0.3 is 14.8 Å². The standard InChI is InChI=1S/C36H42FN5S/c1-26-39-33-9-5-6-10-34(33)42(26)32-23-30-15-16-31(24-32)41(30)22-19-36(28-7-3-2-4-8-28)17-20-40(21-18-36)35(43)38-25-27-11-13-29(37)14-12-27/h2-14,30-32H,15-25H2,1H3,(H,38,43)/t30-,31?,32?/m1/s1. The van der Waals surface area contributed by atoms with Crippen molar-refractivity contribution in [2.45, 2.75) is 82.0 Å². The Balaban J connectivity index is 1.01. The second-order valence-corrected chi connectivity index (χ2v) is 13.3.